The summed E-state index contributed by atoms with van der Waals surface area (Å²) in [6.45, 7) is 7.24. The zero-order valence-electron chi connectivity index (χ0n) is 12.5. The third kappa shape index (κ3) is 3.06. The topological polar surface area (TPSA) is 50.2 Å². The van der Waals surface area contributed by atoms with E-state index in [1.807, 2.05) is 0 Å². The van der Waals surface area contributed by atoms with Gasteiger partial charge in [0.2, 0.25) is 0 Å². The predicted molar refractivity (Wildman–Crippen MR) is 99.3 cm³/mol. The largest absolute Gasteiger partial charge is 0.324 e. The van der Waals surface area contributed by atoms with Gasteiger partial charge in [0, 0.05) is 12.4 Å². The minimum Gasteiger partial charge on any atom is -0.324 e. The van der Waals surface area contributed by atoms with Crippen molar-refractivity contribution < 1.29 is 4.39 Å². The van der Waals surface area contributed by atoms with Crippen LogP contribution in [0, 0.1) is 5.82 Å². The van der Waals surface area contributed by atoms with Crippen molar-refractivity contribution in [1.29, 1.82) is 0 Å². The molecule has 0 radical (unpaired) electrons. The Kier molecular flexibility index (Phi) is 4.69. The first-order valence-electron chi connectivity index (χ1n) is 6.92. The SMILES string of the molecule is C=CN=C(C=C)Nc1nccc2nc(-c3c(F)cccc3Cl)sc12. The van der Waals surface area contributed by atoms with Gasteiger partial charge in [0.05, 0.1) is 20.8 Å². The molecule has 0 aliphatic rings. The van der Waals surface area contributed by atoms with Crippen LogP contribution >= 0.6 is 22.9 Å². The smallest absolute Gasteiger partial charge is 0.151 e. The summed E-state index contributed by atoms with van der Waals surface area (Å²) in [5, 5.41) is 3.87. The van der Waals surface area contributed by atoms with Crippen molar-refractivity contribution in [1.82, 2.24) is 9.97 Å². The maximum Gasteiger partial charge on any atom is 0.151 e. The van der Waals surface area contributed by atoms with Gasteiger partial charge in [-0.3, -0.25) is 0 Å². The molecule has 0 fully saturated rings. The zero-order valence-corrected chi connectivity index (χ0v) is 14.0. The maximum atomic E-state index is 14.1. The number of anilines is 1. The fourth-order valence-electron chi connectivity index (χ4n) is 2.11. The third-order valence-electron chi connectivity index (χ3n) is 3.15. The van der Waals surface area contributed by atoms with E-state index in [0.29, 0.717) is 27.2 Å². The Hall–Kier alpha value is -2.57. The fourth-order valence-corrected chi connectivity index (χ4v) is 3.48. The second-order valence-corrected chi connectivity index (χ2v) is 6.06. The number of fused-ring (bicyclic) bond motifs is 1. The lowest BCUT2D eigenvalue weighted by Gasteiger charge is -2.04. The highest BCUT2D eigenvalue weighted by Gasteiger charge is 2.16. The van der Waals surface area contributed by atoms with Crippen LogP contribution in [0.3, 0.4) is 0 Å². The minimum atomic E-state index is -0.413. The molecule has 0 saturated heterocycles. The number of benzene rings is 1. The number of pyridine rings is 1. The van der Waals surface area contributed by atoms with Crippen LogP contribution in [0.1, 0.15) is 0 Å². The lowest BCUT2D eigenvalue weighted by atomic mass is 10.2. The summed E-state index contributed by atoms with van der Waals surface area (Å²) in [5.74, 6) is 0.650. The van der Waals surface area contributed by atoms with Crippen molar-refractivity contribution in [2.75, 3.05) is 5.32 Å². The molecule has 120 valence electrons. The first kappa shape index (κ1) is 16.3. The molecule has 0 atom stereocenters. The summed E-state index contributed by atoms with van der Waals surface area (Å²) in [6.07, 6.45) is 4.57. The van der Waals surface area contributed by atoms with E-state index >= 15 is 0 Å². The highest BCUT2D eigenvalue weighted by Crippen LogP contribution is 2.38. The molecular formula is C17H12ClFN4S. The normalized spacial score (nSPS) is 11.5. The number of nitrogens with one attached hydrogen (secondary N) is 1. The van der Waals surface area contributed by atoms with E-state index in [0.717, 1.165) is 4.70 Å². The summed E-state index contributed by atoms with van der Waals surface area (Å²) < 4.78 is 14.9. The average Bonchev–Trinajstić information content (AvgIpc) is 2.99. The van der Waals surface area contributed by atoms with Crippen molar-refractivity contribution in [2.45, 2.75) is 0 Å². The molecule has 0 amide bonds. The molecule has 7 heteroatoms. The van der Waals surface area contributed by atoms with E-state index in [4.69, 9.17) is 11.6 Å². The first-order chi connectivity index (χ1) is 11.6. The van der Waals surface area contributed by atoms with Gasteiger partial charge in [0.1, 0.15) is 16.7 Å². The highest BCUT2D eigenvalue weighted by atomic mass is 35.5. The Labute approximate surface area is 147 Å². The van der Waals surface area contributed by atoms with Crippen LogP contribution in [0.4, 0.5) is 10.2 Å². The van der Waals surface area contributed by atoms with Gasteiger partial charge in [-0.1, -0.05) is 30.8 Å². The number of hydrogen-bond acceptors (Lipinski definition) is 4. The summed E-state index contributed by atoms with van der Waals surface area (Å²) in [7, 11) is 0. The molecule has 1 N–H and O–H groups in total. The number of hydrogen-bond donors (Lipinski definition) is 1. The monoisotopic (exact) mass is 358 g/mol. The number of aliphatic imine (C=N–C) groups is 1. The van der Waals surface area contributed by atoms with Crippen LogP contribution in [-0.4, -0.2) is 15.8 Å². The van der Waals surface area contributed by atoms with E-state index in [2.05, 4.69) is 33.4 Å². The predicted octanol–water partition coefficient (Wildman–Crippen LogP) is 5.29. The Morgan fingerprint density at radius 1 is 1.33 bits per heavy atom. The van der Waals surface area contributed by atoms with Gasteiger partial charge >= 0.3 is 0 Å². The van der Waals surface area contributed by atoms with Gasteiger partial charge < -0.3 is 5.32 Å². The Morgan fingerprint density at radius 2 is 2.17 bits per heavy atom. The quantitative estimate of drug-likeness (QED) is 0.509. The molecule has 0 saturated carbocycles. The van der Waals surface area contributed by atoms with E-state index < -0.39 is 5.82 Å². The molecule has 0 aliphatic carbocycles. The molecule has 1 aromatic carbocycles. The van der Waals surface area contributed by atoms with Crippen molar-refractivity contribution >= 4 is 44.8 Å². The van der Waals surface area contributed by atoms with Crippen LogP contribution in [0.5, 0.6) is 0 Å². The summed E-state index contributed by atoms with van der Waals surface area (Å²) >= 11 is 7.43. The average molecular weight is 359 g/mol. The van der Waals surface area contributed by atoms with Crippen molar-refractivity contribution in [3.8, 4) is 10.6 Å². The molecule has 0 spiro atoms. The Balaban J connectivity index is 2.12. The molecule has 4 nitrogen and oxygen atoms in total. The van der Waals surface area contributed by atoms with E-state index in [-0.39, 0.29) is 5.56 Å². The molecule has 0 unspecified atom stereocenters. The number of thiazole rings is 1. The number of amidine groups is 1. The van der Waals surface area contributed by atoms with Gasteiger partial charge in [-0.2, -0.15) is 0 Å². The Morgan fingerprint density at radius 3 is 2.88 bits per heavy atom. The number of rotatable bonds is 4. The van der Waals surface area contributed by atoms with E-state index in [1.165, 1.54) is 23.6 Å². The molecular weight excluding hydrogens is 347 g/mol. The molecule has 24 heavy (non-hydrogen) atoms. The summed E-state index contributed by atoms with van der Waals surface area (Å²) in [6, 6.07) is 6.31. The standard InChI is InChI=1S/C17H12ClFN4S/c1-3-13(20-4-2)23-16-15-12(8-9-21-16)22-17(24-15)14-10(18)6-5-7-11(14)19/h3-9H,1-2H2,(H,20,21,23). The minimum absolute atomic E-state index is 0.287. The van der Waals surface area contributed by atoms with Crippen molar-refractivity contribution in [2.24, 2.45) is 4.99 Å². The lowest BCUT2D eigenvalue weighted by Crippen LogP contribution is -2.09. The van der Waals surface area contributed by atoms with Gasteiger partial charge in [-0.15, -0.1) is 11.3 Å². The second-order valence-electron chi connectivity index (χ2n) is 4.65. The highest BCUT2D eigenvalue weighted by molar-refractivity contribution is 7.22. The molecule has 0 aliphatic heterocycles. The molecule has 0 bridgehead atoms. The maximum absolute atomic E-state index is 14.1. The van der Waals surface area contributed by atoms with Crippen LogP contribution in [0.25, 0.3) is 20.8 Å². The second kappa shape index (κ2) is 6.90. The van der Waals surface area contributed by atoms with Gasteiger partial charge in [0.25, 0.3) is 0 Å². The summed E-state index contributed by atoms with van der Waals surface area (Å²) in [4.78, 5) is 12.8. The van der Waals surface area contributed by atoms with Crippen LogP contribution in [-0.2, 0) is 0 Å². The molecule has 2 aromatic heterocycles. The van der Waals surface area contributed by atoms with E-state index in [9.17, 15) is 4.39 Å². The third-order valence-corrected chi connectivity index (χ3v) is 4.56. The lowest BCUT2D eigenvalue weighted by molar-refractivity contribution is 0.631. The van der Waals surface area contributed by atoms with Crippen LogP contribution in [0.15, 0.2) is 60.9 Å². The van der Waals surface area contributed by atoms with Gasteiger partial charge in [0.15, 0.2) is 5.82 Å². The first-order valence-corrected chi connectivity index (χ1v) is 8.11. The van der Waals surface area contributed by atoms with Crippen LogP contribution in [0.2, 0.25) is 5.02 Å². The van der Waals surface area contributed by atoms with Crippen LogP contribution < -0.4 is 5.32 Å². The molecule has 3 aromatic rings. The molecule has 3 rings (SSSR count). The van der Waals surface area contributed by atoms with Gasteiger partial charge in [-0.25, -0.2) is 19.4 Å². The van der Waals surface area contributed by atoms with Gasteiger partial charge in [-0.05, 0) is 24.3 Å². The van der Waals surface area contributed by atoms with E-state index in [1.54, 1.807) is 30.5 Å². The van der Waals surface area contributed by atoms with Crippen molar-refractivity contribution in [3.05, 3.63) is 66.7 Å². The molecule has 2 heterocycles. The number of halogens is 2. The number of aromatic nitrogens is 2. The zero-order chi connectivity index (χ0) is 17.1. The summed E-state index contributed by atoms with van der Waals surface area (Å²) in [5.41, 5.74) is 0.976. The Bertz CT molecular complexity index is 944. The number of nitrogens with zero attached hydrogens (tertiary/aromatic N) is 3. The van der Waals surface area contributed by atoms with Crippen molar-refractivity contribution in [3.63, 3.8) is 0 Å². The fraction of sp³-hybridized carbons (Fsp3) is 0.